The molecule has 1 aliphatic carbocycles. The second-order valence-electron chi connectivity index (χ2n) is 4.66. The van der Waals surface area contributed by atoms with Crippen molar-refractivity contribution < 1.29 is 21.2 Å². The molecule has 0 aliphatic heterocycles. The zero-order valence-electron chi connectivity index (χ0n) is 11.4. The summed E-state index contributed by atoms with van der Waals surface area (Å²) in [4.78, 5) is 0. The summed E-state index contributed by atoms with van der Waals surface area (Å²) in [6.07, 6.45) is 4.48. The first-order valence-corrected chi connectivity index (χ1v) is 12.2. The fourth-order valence-corrected chi connectivity index (χ4v) is 2.38. The van der Waals surface area contributed by atoms with Crippen LogP contribution < -0.4 is 4.74 Å². The minimum absolute atomic E-state index is 0.00143. The Morgan fingerprint density at radius 1 is 1.30 bits per heavy atom. The van der Waals surface area contributed by atoms with Crippen LogP contribution in [0.4, 0.5) is 0 Å². The fraction of sp³-hybridized carbons (Fsp3) is 0.571. The molecule has 1 N–H and O–H groups in total. The Morgan fingerprint density at radius 2 is 1.95 bits per heavy atom. The number of methoxy groups -OCH3 is 1. The van der Waals surface area contributed by atoms with Gasteiger partial charge in [-0.1, -0.05) is 43.9 Å². The summed E-state index contributed by atoms with van der Waals surface area (Å²) >= 11 is -0.472. The van der Waals surface area contributed by atoms with Crippen LogP contribution in [0.25, 0.3) is 11.1 Å². The van der Waals surface area contributed by atoms with Crippen molar-refractivity contribution in [2.75, 3.05) is 7.11 Å². The van der Waals surface area contributed by atoms with Crippen LogP contribution in [0.2, 0.25) is 0 Å². The molecule has 1 fully saturated rings. The Hall–Kier alpha value is 0.208. The van der Waals surface area contributed by atoms with Gasteiger partial charge in [0.15, 0.2) is 0 Å². The molecule has 0 spiro atoms. The summed E-state index contributed by atoms with van der Waals surface area (Å²) in [5, 5.41) is 4.68. The van der Waals surface area contributed by atoms with Gasteiger partial charge in [0, 0.05) is 0 Å². The molecule has 0 saturated heterocycles. The average molecular weight is 498 g/mol. The van der Waals surface area contributed by atoms with Crippen molar-refractivity contribution in [1.82, 2.24) is 0 Å². The normalized spacial score (nSPS) is 22.0. The van der Waals surface area contributed by atoms with Crippen LogP contribution in [-0.4, -0.2) is 19.2 Å². The van der Waals surface area contributed by atoms with Crippen LogP contribution in [0.5, 0.6) is 5.75 Å². The molecular weight excluding hydrogens is 478 g/mol. The zero-order chi connectivity index (χ0) is 14.8. The van der Waals surface area contributed by atoms with Crippen molar-refractivity contribution in [3.63, 3.8) is 0 Å². The van der Waals surface area contributed by atoms with E-state index in [-0.39, 0.29) is 12.1 Å². The summed E-state index contributed by atoms with van der Waals surface area (Å²) in [5.41, 5.74) is 9.09. The molecule has 1 unspecified atom stereocenters. The number of rotatable bonds is 4. The number of halogens is 2. The number of nitrogens with zero attached hydrogens (tertiary/aromatic N) is 1. The first-order valence-electron chi connectivity index (χ1n) is 6.55. The quantitative estimate of drug-likeness (QED) is 0.556. The minimum atomic E-state index is -0.472. The molecule has 6 heteroatoms. The maximum absolute atomic E-state index is 7.97. The summed E-state index contributed by atoms with van der Waals surface area (Å²) in [5.74, 6) is 0.897. The van der Waals surface area contributed by atoms with Gasteiger partial charge in [0.25, 0.3) is 0 Å². The maximum atomic E-state index is 7.97. The topological polar surface area (TPSA) is 47.1 Å². The number of nitrogens with one attached hydrogen (secondary N) is 1. The first-order chi connectivity index (χ1) is 9.72. The standard InChI is InChI=1S/C14H20N2O.2ClH.Pt/c1-17-14-9-5-2-6-11(14)10-16-13-8-4-3-7-12(13)15;;;/h2,5-6,9,12-13,15H,3-4,7-8,10H2,1H3;2*1H;/q-2;;;+4/p-2/t12?,13-;;;/m1.../s1. The van der Waals surface area contributed by atoms with Gasteiger partial charge in [-0.3, -0.25) is 0 Å². The van der Waals surface area contributed by atoms with Crippen LogP contribution in [0.3, 0.4) is 0 Å². The number of ether oxygens (including phenoxy) is 1. The molecule has 2 rings (SSSR count). The van der Waals surface area contributed by atoms with Gasteiger partial charge in [-0.15, -0.1) is 6.54 Å². The van der Waals surface area contributed by atoms with Gasteiger partial charge in [0.05, 0.1) is 7.11 Å². The van der Waals surface area contributed by atoms with Gasteiger partial charge < -0.3 is 15.8 Å². The Balaban J connectivity index is 0.000000612. The molecule has 1 aromatic rings. The van der Waals surface area contributed by atoms with Crippen molar-refractivity contribution in [3.05, 3.63) is 40.9 Å². The fourth-order valence-electron chi connectivity index (χ4n) is 2.38. The van der Waals surface area contributed by atoms with Crippen molar-refractivity contribution in [2.24, 2.45) is 0 Å². The predicted molar refractivity (Wildman–Crippen MR) is 82.1 cm³/mol. The monoisotopic (exact) mass is 497 g/mol. The van der Waals surface area contributed by atoms with Crippen LogP contribution in [0.15, 0.2) is 24.3 Å². The second kappa shape index (κ2) is 10.9. The zero-order valence-corrected chi connectivity index (χ0v) is 15.2. The average Bonchev–Trinajstić information content (AvgIpc) is 2.47. The first kappa shape index (κ1) is 18.3. The van der Waals surface area contributed by atoms with Crippen molar-refractivity contribution in [2.45, 2.75) is 44.3 Å². The van der Waals surface area contributed by atoms with E-state index in [4.69, 9.17) is 29.3 Å². The molecular formula is C14H20Cl2N2OPt. The second-order valence-corrected chi connectivity index (χ2v) is 7.94. The van der Waals surface area contributed by atoms with Crippen LogP contribution in [-0.2, 0) is 23.0 Å². The molecule has 0 aromatic heterocycles. The number of benzene rings is 1. The van der Waals surface area contributed by atoms with Gasteiger partial charge >= 0.3 is 35.3 Å². The Kier molecular flexibility index (Phi) is 9.92. The third-order valence-corrected chi connectivity index (χ3v) is 3.42. The number of para-hydroxylation sites is 1. The third kappa shape index (κ3) is 6.32. The molecule has 0 radical (unpaired) electrons. The molecule has 116 valence electrons. The van der Waals surface area contributed by atoms with Crippen molar-refractivity contribution in [3.8, 4) is 5.75 Å². The molecule has 1 aliphatic rings. The summed E-state index contributed by atoms with van der Waals surface area (Å²) in [6.45, 7) is 0.671. The summed E-state index contributed by atoms with van der Waals surface area (Å²) in [7, 11) is 11.4. The summed E-state index contributed by atoms with van der Waals surface area (Å²) in [6, 6.07) is 8.20. The van der Waals surface area contributed by atoms with E-state index < -0.39 is 16.5 Å². The van der Waals surface area contributed by atoms with E-state index >= 15 is 0 Å². The Bertz CT molecular complexity index is 382. The molecule has 20 heavy (non-hydrogen) atoms. The van der Waals surface area contributed by atoms with Crippen LogP contribution >= 0.6 is 18.8 Å². The molecule has 0 bridgehead atoms. The SMILES string of the molecule is COc1ccccc1C[N-][C@@H]1CCCCC1[NH-].[Cl][Pt+2][Cl]. The van der Waals surface area contributed by atoms with Crippen molar-refractivity contribution in [1.29, 1.82) is 0 Å². The van der Waals surface area contributed by atoms with Gasteiger partial charge in [0.2, 0.25) is 0 Å². The molecule has 1 aromatic carbocycles. The van der Waals surface area contributed by atoms with E-state index in [9.17, 15) is 0 Å². The van der Waals surface area contributed by atoms with Gasteiger partial charge in [-0.05, 0) is 11.6 Å². The van der Waals surface area contributed by atoms with Crippen LogP contribution in [0.1, 0.15) is 31.2 Å². The number of hydrogen-bond donors (Lipinski definition) is 0. The Labute approximate surface area is 137 Å². The third-order valence-electron chi connectivity index (χ3n) is 3.42. The van der Waals surface area contributed by atoms with E-state index in [1.807, 2.05) is 24.3 Å². The molecule has 3 nitrogen and oxygen atoms in total. The van der Waals surface area contributed by atoms with Crippen LogP contribution in [0, 0.1) is 0 Å². The van der Waals surface area contributed by atoms with E-state index in [0.717, 1.165) is 24.2 Å². The predicted octanol–water partition coefficient (Wildman–Crippen LogP) is 5.31. The van der Waals surface area contributed by atoms with Crippen molar-refractivity contribution >= 4 is 18.8 Å². The van der Waals surface area contributed by atoms with E-state index in [1.165, 1.54) is 12.8 Å². The van der Waals surface area contributed by atoms with E-state index in [0.29, 0.717) is 6.54 Å². The van der Waals surface area contributed by atoms with Gasteiger partial charge in [0.1, 0.15) is 5.75 Å². The molecule has 2 atom stereocenters. The Morgan fingerprint density at radius 3 is 2.60 bits per heavy atom. The number of hydrogen-bond acceptors (Lipinski definition) is 1. The van der Waals surface area contributed by atoms with E-state index in [1.54, 1.807) is 7.11 Å². The molecule has 0 heterocycles. The van der Waals surface area contributed by atoms with E-state index in [2.05, 4.69) is 5.32 Å². The summed E-state index contributed by atoms with van der Waals surface area (Å²) < 4.78 is 5.31. The molecule has 1 saturated carbocycles. The van der Waals surface area contributed by atoms with Gasteiger partial charge in [-0.25, -0.2) is 0 Å². The van der Waals surface area contributed by atoms with Gasteiger partial charge in [-0.2, -0.15) is 12.1 Å². The molecule has 0 amide bonds.